The average molecular weight is 296 g/mol. The second kappa shape index (κ2) is 6.26. The predicted molar refractivity (Wildman–Crippen MR) is 79.3 cm³/mol. The van der Waals surface area contributed by atoms with Crippen molar-refractivity contribution < 1.29 is 13.2 Å². The Labute approximate surface area is 120 Å². The Kier molecular flexibility index (Phi) is 4.65. The van der Waals surface area contributed by atoms with Crippen molar-refractivity contribution in [3.8, 4) is 0 Å². The first kappa shape index (κ1) is 14.8. The first-order valence-corrected chi connectivity index (χ1v) is 8.72. The van der Waals surface area contributed by atoms with E-state index in [1.54, 1.807) is 24.3 Å². The minimum atomic E-state index is -3.33. The molecule has 1 N–H and O–H groups in total. The zero-order chi connectivity index (χ0) is 14.6. The maximum atomic E-state index is 12.4. The number of nitrogens with one attached hydrogen (secondary N) is 1. The number of rotatable bonds is 3. The van der Waals surface area contributed by atoms with Crippen LogP contribution in [-0.4, -0.2) is 38.6 Å². The number of carbonyl (C=O) groups excluding carboxylic acids is 1. The second-order valence-corrected chi connectivity index (χ2v) is 6.91. The van der Waals surface area contributed by atoms with Crippen LogP contribution < -0.4 is 4.72 Å². The molecule has 1 heterocycles. The quantitative estimate of drug-likeness (QED) is 0.928. The summed E-state index contributed by atoms with van der Waals surface area (Å²) in [7, 11) is -3.33. The fourth-order valence-electron chi connectivity index (χ4n) is 2.39. The highest BCUT2D eigenvalue weighted by Crippen LogP contribution is 2.16. The highest BCUT2D eigenvalue weighted by Gasteiger charge is 2.17. The molecule has 5 nitrogen and oxygen atoms in total. The molecule has 2 rings (SSSR count). The lowest BCUT2D eigenvalue weighted by Gasteiger charge is -2.20. The number of hydrogen-bond acceptors (Lipinski definition) is 3. The van der Waals surface area contributed by atoms with Crippen LogP contribution in [0.15, 0.2) is 24.3 Å². The molecule has 0 radical (unpaired) electrons. The monoisotopic (exact) mass is 296 g/mol. The second-order valence-electron chi connectivity index (χ2n) is 5.16. The third kappa shape index (κ3) is 4.23. The first-order valence-electron chi connectivity index (χ1n) is 6.83. The first-order chi connectivity index (χ1) is 9.46. The number of sulfonamides is 1. The molecule has 1 fully saturated rings. The molecule has 0 aliphatic carbocycles. The van der Waals surface area contributed by atoms with Crippen LogP contribution in [0.25, 0.3) is 0 Å². The van der Waals surface area contributed by atoms with Crippen molar-refractivity contribution in [1.82, 2.24) is 4.90 Å². The van der Waals surface area contributed by atoms with Crippen molar-refractivity contribution in [2.45, 2.75) is 25.7 Å². The Morgan fingerprint density at radius 1 is 1.15 bits per heavy atom. The standard InChI is InChI=1S/C14H20N2O3S/c1-20(18,19)15-13-8-6-7-12(11-13)14(17)16-9-4-2-3-5-10-16/h6-8,11,15H,2-5,9-10H2,1H3. The van der Waals surface area contributed by atoms with E-state index in [9.17, 15) is 13.2 Å². The number of anilines is 1. The minimum absolute atomic E-state index is 0.0240. The topological polar surface area (TPSA) is 66.5 Å². The molecule has 110 valence electrons. The Hall–Kier alpha value is -1.56. The molecule has 1 aromatic carbocycles. The number of nitrogens with zero attached hydrogens (tertiary/aromatic N) is 1. The van der Waals surface area contributed by atoms with Crippen molar-refractivity contribution in [2.75, 3.05) is 24.1 Å². The molecule has 6 heteroatoms. The van der Waals surface area contributed by atoms with Gasteiger partial charge >= 0.3 is 0 Å². The zero-order valence-corrected chi connectivity index (χ0v) is 12.4. The van der Waals surface area contributed by atoms with Crippen LogP contribution in [0.2, 0.25) is 0 Å². The van der Waals surface area contributed by atoms with Crippen LogP contribution in [0.3, 0.4) is 0 Å². The van der Waals surface area contributed by atoms with Gasteiger partial charge in [-0.25, -0.2) is 8.42 Å². The van der Waals surface area contributed by atoms with Crippen molar-refractivity contribution >= 4 is 21.6 Å². The van der Waals surface area contributed by atoms with E-state index in [-0.39, 0.29) is 5.91 Å². The molecule has 1 amide bonds. The SMILES string of the molecule is CS(=O)(=O)Nc1cccc(C(=O)N2CCCCCC2)c1. The molecule has 1 aromatic rings. The van der Waals surface area contributed by atoms with E-state index in [1.807, 2.05) is 4.90 Å². The Morgan fingerprint density at radius 3 is 2.40 bits per heavy atom. The molecular weight excluding hydrogens is 276 g/mol. The maximum absolute atomic E-state index is 12.4. The van der Waals surface area contributed by atoms with E-state index >= 15 is 0 Å². The third-order valence-electron chi connectivity index (χ3n) is 3.31. The molecule has 0 saturated carbocycles. The van der Waals surface area contributed by atoms with E-state index < -0.39 is 10.0 Å². The van der Waals surface area contributed by atoms with E-state index in [0.29, 0.717) is 11.3 Å². The van der Waals surface area contributed by atoms with Gasteiger partial charge in [0.2, 0.25) is 10.0 Å². The van der Waals surface area contributed by atoms with Gasteiger partial charge in [0.05, 0.1) is 6.26 Å². The van der Waals surface area contributed by atoms with E-state index in [2.05, 4.69) is 4.72 Å². The summed E-state index contributed by atoms with van der Waals surface area (Å²) in [5.41, 5.74) is 0.953. The smallest absolute Gasteiger partial charge is 0.253 e. The van der Waals surface area contributed by atoms with Crippen LogP contribution in [0.4, 0.5) is 5.69 Å². The van der Waals surface area contributed by atoms with Crippen LogP contribution in [0, 0.1) is 0 Å². The molecule has 1 aliphatic rings. The van der Waals surface area contributed by atoms with Gasteiger partial charge < -0.3 is 4.90 Å². The van der Waals surface area contributed by atoms with Crippen LogP contribution in [0.5, 0.6) is 0 Å². The molecule has 0 atom stereocenters. The van der Waals surface area contributed by atoms with Gasteiger partial charge in [-0.15, -0.1) is 0 Å². The summed E-state index contributed by atoms with van der Waals surface area (Å²) in [6.45, 7) is 1.56. The fourth-order valence-corrected chi connectivity index (χ4v) is 2.94. The van der Waals surface area contributed by atoms with Gasteiger partial charge in [-0.2, -0.15) is 0 Å². The third-order valence-corrected chi connectivity index (χ3v) is 3.91. The number of hydrogen-bond donors (Lipinski definition) is 1. The Balaban J connectivity index is 2.15. The molecule has 0 bridgehead atoms. The lowest BCUT2D eigenvalue weighted by molar-refractivity contribution is 0.0761. The lowest BCUT2D eigenvalue weighted by atomic mass is 10.1. The molecule has 20 heavy (non-hydrogen) atoms. The van der Waals surface area contributed by atoms with Gasteiger partial charge in [0.1, 0.15) is 0 Å². The van der Waals surface area contributed by atoms with Gasteiger partial charge in [0.25, 0.3) is 5.91 Å². The summed E-state index contributed by atoms with van der Waals surface area (Å²) in [6.07, 6.45) is 5.50. The van der Waals surface area contributed by atoms with Crippen molar-refractivity contribution in [3.05, 3.63) is 29.8 Å². The van der Waals surface area contributed by atoms with E-state index in [1.165, 1.54) is 12.8 Å². The summed E-state index contributed by atoms with van der Waals surface area (Å²) in [4.78, 5) is 14.3. The minimum Gasteiger partial charge on any atom is -0.339 e. The highest BCUT2D eigenvalue weighted by atomic mass is 32.2. The summed E-state index contributed by atoms with van der Waals surface area (Å²) < 4.78 is 24.8. The maximum Gasteiger partial charge on any atom is 0.253 e. The Bertz CT molecular complexity index is 576. The normalized spacial score (nSPS) is 16.6. The zero-order valence-electron chi connectivity index (χ0n) is 11.6. The summed E-state index contributed by atoms with van der Waals surface area (Å²) in [5.74, 6) is -0.0240. The van der Waals surface area contributed by atoms with Gasteiger partial charge in [-0.1, -0.05) is 18.9 Å². The largest absolute Gasteiger partial charge is 0.339 e. The summed E-state index contributed by atoms with van der Waals surface area (Å²) >= 11 is 0. The van der Waals surface area contributed by atoms with E-state index in [0.717, 1.165) is 32.2 Å². The molecular formula is C14H20N2O3S. The van der Waals surface area contributed by atoms with Crippen molar-refractivity contribution in [3.63, 3.8) is 0 Å². The number of carbonyl (C=O) groups is 1. The molecule has 1 aliphatic heterocycles. The number of likely N-dealkylation sites (tertiary alicyclic amines) is 1. The summed E-state index contributed by atoms with van der Waals surface area (Å²) in [6, 6.07) is 6.65. The van der Waals surface area contributed by atoms with Crippen LogP contribution >= 0.6 is 0 Å². The number of amides is 1. The van der Waals surface area contributed by atoms with Crippen molar-refractivity contribution in [2.24, 2.45) is 0 Å². The van der Waals surface area contributed by atoms with Gasteiger partial charge in [-0.05, 0) is 31.0 Å². The van der Waals surface area contributed by atoms with E-state index in [4.69, 9.17) is 0 Å². The molecule has 1 saturated heterocycles. The van der Waals surface area contributed by atoms with Crippen LogP contribution in [-0.2, 0) is 10.0 Å². The fraction of sp³-hybridized carbons (Fsp3) is 0.500. The van der Waals surface area contributed by atoms with Crippen molar-refractivity contribution in [1.29, 1.82) is 0 Å². The predicted octanol–water partition coefficient (Wildman–Crippen LogP) is 2.07. The number of benzene rings is 1. The van der Waals surface area contributed by atoms with Crippen LogP contribution in [0.1, 0.15) is 36.0 Å². The molecule has 0 spiro atoms. The van der Waals surface area contributed by atoms with Gasteiger partial charge in [-0.3, -0.25) is 9.52 Å². The van der Waals surface area contributed by atoms with Gasteiger partial charge in [0, 0.05) is 24.3 Å². The Morgan fingerprint density at radius 2 is 1.80 bits per heavy atom. The highest BCUT2D eigenvalue weighted by molar-refractivity contribution is 7.92. The van der Waals surface area contributed by atoms with Gasteiger partial charge in [0.15, 0.2) is 0 Å². The molecule has 0 aromatic heterocycles. The summed E-state index contributed by atoms with van der Waals surface area (Å²) in [5, 5.41) is 0. The average Bonchev–Trinajstić information content (AvgIpc) is 2.65. The lowest BCUT2D eigenvalue weighted by Crippen LogP contribution is -2.31. The molecule has 0 unspecified atom stereocenters.